The van der Waals surface area contributed by atoms with Gasteiger partial charge in [-0.15, -0.1) is 12.4 Å². The number of rotatable bonds is 1. The van der Waals surface area contributed by atoms with E-state index in [0.717, 1.165) is 24.5 Å². The zero-order chi connectivity index (χ0) is 15.9. The smallest absolute Gasteiger partial charge is 0.335 e. The van der Waals surface area contributed by atoms with Gasteiger partial charge in [0, 0.05) is 11.6 Å². The Balaban J connectivity index is 0.000000431. The molecule has 0 radical (unpaired) electrons. The van der Waals surface area contributed by atoms with Gasteiger partial charge < -0.3 is 15.9 Å². The van der Waals surface area contributed by atoms with Crippen molar-refractivity contribution in [2.45, 2.75) is 19.3 Å². The van der Waals surface area contributed by atoms with Crippen molar-refractivity contribution in [2.24, 2.45) is 0 Å². The van der Waals surface area contributed by atoms with Crippen LogP contribution in [0.15, 0.2) is 48.5 Å². The van der Waals surface area contributed by atoms with E-state index < -0.39 is 5.97 Å². The molecule has 0 amide bonds. The van der Waals surface area contributed by atoms with Gasteiger partial charge in [0.2, 0.25) is 0 Å². The molecule has 0 aromatic heterocycles. The Morgan fingerprint density at radius 2 is 1.88 bits per heavy atom. The van der Waals surface area contributed by atoms with Gasteiger partial charge in [-0.25, -0.2) is 4.79 Å². The molecule has 4 nitrogen and oxygen atoms in total. The Morgan fingerprint density at radius 1 is 1.21 bits per heavy atom. The fourth-order valence-corrected chi connectivity index (χ4v) is 2.67. The summed E-state index contributed by atoms with van der Waals surface area (Å²) in [4.78, 5) is 10.2. The van der Waals surface area contributed by atoms with Crippen molar-refractivity contribution in [1.82, 2.24) is 5.32 Å². The van der Waals surface area contributed by atoms with Crippen molar-refractivity contribution in [2.75, 3.05) is 13.1 Å². The summed E-state index contributed by atoms with van der Waals surface area (Å²) in [7, 11) is 0. The lowest BCUT2D eigenvalue weighted by atomic mass is 9.96. The van der Waals surface area contributed by atoms with Crippen LogP contribution in [0.4, 0.5) is 0 Å². The summed E-state index contributed by atoms with van der Waals surface area (Å²) in [6.07, 6.45) is 1.12. The van der Waals surface area contributed by atoms with Gasteiger partial charge in [-0.2, -0.15) is 0 Å². The van der Waals surface area contributed by atoms with Crippen molar-refractivity contribution in [3.05, 3.63) is 70.2 Å². The predicted octanol–water partition coefficient (Wildman–Crippen LogP) is 3.57. The minimum absolute atomic E-state index is 0. The van der Waals surface area contributed by atoms with Crippen LogP contribution < -0.4 is 5.32 Å². The third-order valence-electron chi connectivity index (χ3n) is 3.68. The lowest BCUT2D eigenvalue weighted by molar-refractivity contribution is 0.0697. The minimum Gasteiger partial charge on any atom is -0.478 e. The number of hydrogen-bond acceptors (Lipinski definition) is 2. The van der Waals surface area contributed by atoms with E-state index in [1.165, 1.54) is 11.1 Å². The Kier molecular flexibility index (Phi) is 10.3. The van der Waals surface area contributed by atoms with Gasteiger partial charge >= 0.3 is 5.97 Å². The summed E-state index contributed by atoms with van der Waals surface area (Å²) in [6, 6.07) is 14.5. The molecule has 0 fully saturated rings. The maximum absolute atomic E-state index is 10.2. The number of aromatic carboxylic acids is 1. The number of fused-ring (bicyclic) bond motifs is 1. The molecule has 0 saturated carbocycles. The van der Waals surface area contributed by atoms with Gasteiger partial charge in [0.25, 0.3) is 0 Å². The third kappa shape index (κ3) is 6.49. The van der Waals surface area contributed by atoms with Crippen LogP contribution in [-0.2, 0) is 6.42 Å². The molecule has 3 rings (SSSR count). The molecule has 1 atom stereocenters. The topological polar surface area (TPSA) is 80.8 Å². The molecule has 2 aromatic carbocycles. The van der Waals surface area contributed by atoms with Crippen LogP contribution in [0.1, 0.15) is 34.3 Å². The Hall–Kier alpha value is -1.59. The zero-order valence-electron chi connectivity index (χ0n) is 13.5. The molecule has 2 aromatic rings. The summed E-state index contributed by atoms with van der Waals surface area (Å²) in [5, 5.41) is 12.7. The highest BCUT2D eigenvalue weighted by molar-refractivity contribution is 6.30. The van der Waals surface area contributed by atoms with E-state index in [4.69, 9.17) is 16.7 Å². The molecule has 132 valence electrons. The highest BCUT2D eigenvalue weighted by Gasteiger charge is 2.13. The Morgan fingerprint density at radius 3 is 2.46 bits per heavy atom. The van der Waals surface area contributed by atoms with E-state index in [1.54, 1.807) is 30.3 Å². The first-order chi connectivity index (χ1) is 10.6. The van der Waals surface area contributed by atoms with Gasteiger partial charge in [-0.1, -0.05) is 42.8 Å². The largest absolute Gasteiger partial charge is 0.478 e. The van der Waals surface area contributed by atoms with Crippen LogP contribution in [-0.4, -0.2) is 29.6 Å². The number of carboxylic acid groups (broad SMARTS) is 1. The summed E-state index contributed by atoms with van der Waals surface area (Å²) < 4.78 is 0. The third-order valence-corrected chi connectivity index (χ3v) is 3.92. The van der Waals surface area contributed by atoms with E-state index in [1.807, 2.05) is 6.07 Å². The Bertz CT molecular complexity index is 635. The highest BCUT2D eigenvalue weighted by atomic mass is 35.5. The number of carboxylic acids is 1. The summed E-state index contributed by atoms with van der Waals surface area (Å²) >= 11 is 5.97. The molecular weight excluding hydrogens is 349 g/mol. The first-order valence-electron chi connectivity index (χ1n) is 7.35. The lowest BCUT2D eigenvalue weighted by Crippen LogP contribution is -2.18. The summed E-state index contributed by atoms with van der Waals surface area (Å²) in [5.74, 6) is -0.299. The number of nitrogens with one attached hydrogen (secondary N) is 1. The molecule has 1 aliphatic rings. The molecule has 4 N–H and O–H groups in total. The maximum atomic E-state index is 10.2. The second-order valence-electron chi connectivity index (χ2n) is 5.37. The number of hydrogen-bond donors (Lipinski definition) is 2. The molecule has 0 aliphatic carbocycles. The second kappa shape index (κ2) is 11.0. The van der Waals surface area contributed by atoms with Crippen molar-refractivity contribution in [1.29, 1.82) is 0 Å². The maximum Gasteiger partial charge on any atom is 0.335 e. The molecule has 0 unspecified atom stereocenters. The monoisotopic (exact) mass is 371 g/mol. The van der Waals surface area contributed by atoms with Crippen molar-refractivity contribution >= 4 is 30.0 Å². The van der Waals surface area contributed by atoms with Crippen LogP contribution in [0.25, 0.3) is 0 Å². The molecule has 0 spiro atoms. The minimum atomic E-state index is -0.879. The van der Waals surface area contributed by atoms with Crippen molar-refractivity contribution < 1.29 is 15.4 Å². The van der Waals surface area contributed by atoms with E-state index >= 15 is 0 Å². The van der Waals surface area contributed by atoms with Gasteiger partial charge in [0.05, 0.1) is 5.56 Å². The van der Waals surface area contributed by atoms with Crippen LogP contribution in [0.3, 0.4) is 0 Å². The second-order valence-corrected chi connectivity index (χ2v) is 5.81. The number of halogens is 2. The molecule has 6 heteroatoms. The standard InChI is InChI=1S/C11H14ClN.C7H6O2.ClH.H2O/c1-8-7-13-5-4-9-2-3-10(12)6-11(8)9;8-7(9)6-4-2-1-3-5-6;;/h2-3,6,8,13H,4-5,7H2,1H3;1-5H,(H,8,9);1H;1H2/t8-;;;/m0.../s1. The lowest BCUT2D eigenvalue weighted by Gasteiger charge is -2.11. The van der Waals surface area contributed by atoms with E-state index in [0.29, 0.717) is 11.5 Å². The van der Waals surface area contributed by atoms with Gasteiger partial charge in [0.1, 0.15) is 0 Å². The first kappa shape index (κ1) is 22.4. The molecule has 1 heterocycles. The van der Waals surface area contributed by atoms with Crippen LogP contribution in [0, 0.1) is 0 Å². The normalized spacial score (nSPS) is 15.3. The zero-order valence-corrected chi connectivity index (χ0v) is 15.0. The SMILES string of the molecule is C[C@H]1CNCCc2ccc(Cl)cc21.Cl.O.O=C(O)c1ccccc1. The Labute approximate surface area is 153 Å². The first-order valence-corrected chi connectivity index (χ1v) is 7.73. The van der Waals surface area contributed by atoms with Gasteiger partial charge in [0.15, 0.2) is 0 Å². The molecule has 0 saturated heterocycles. The van der Waals surface area contributed by atoms with Crippen LogP contribution >= 0.6 is 24.0 Å². The average molecular weight is 372 g/mol. The molecule has 1 aliphatic heterocycles. The highest BCUT2D eigenvalue weighted by Crippen LogP contribution is 2.25. The average Bonchev–Trinajstić information content (AvgIpc) is 2.71. The quantitative estimate of drug-likeness (QED) is 0.803. The molecule has 24 heavy (non-hydrogen) atoms. The fourth-order valence-electron chi connectivity index (χ4n) is 2.48. The predicted molar refractivity (Wildman–Crippen MR) is 101 cm³/mol. The number of carbonyl (C=O) groups is 1. The van der Waals surface area contributed by atoms with E-state index in [9.17, 15) is 4.79 Å². The molecular formula is C18H23Cl2NO3. The van der Waals surface area contributed by atoms with E-state index in [2.05, 4.69) is 24.4 Å². The summed E-state index contributed by atoms with van der Waals surface area (Å²) in [6.45, 7) is 4.39. The van der Waals surface area contributed by atoms with Gasteiger partial charge in [-0.05, 0) is 54.3 Å². The van der Waals surface area contributed by atoms with Crippen LogP contribution in [0.2, 0.25) is 5.02 Å². The van der Waals surface area contributed by atoms with Crippen molar-refractivity contribution in [3.63, 3.8) is 0 Å². The number of benzene rings is 2. The molecule has 0 bridgehead atoms. The van der Waals surface area contributed by atoms with Gasteiger partial charge in [-0.3, -0.25) is 0 Å². The van der Waals surface area contributed by atoms with Crippen LogP contribution in [0.5, 0.6) is 0 Å². The van der Waals surface area contributed by atoms with E-state index in [-0.39, 0.29) is 17.9 Å². The summed E-state index contributed by atoms with van der Waals surface area (Å²) in [5.41, 5.74) is 3.19. The van der Waals surface area contributed by atoms with Crippen molar-refractivity contribution in [3.8, 4) is 0 Å². The fraction of sp³-hybridized carbons (Fsp3) is 0.278.